The lowest BCUT2D eigenvalue weighted by molar-refractivity contribution is 0.442. The summed E-state index contributed by atoms with van der Waals surface area (Å²) in [4.78, 5) is 4.96. The van der Waals surface area contributed by atoms with Crippen molar-refractivity contribution in [2.24, 2.45) is 0 Å². The van der Waals surface area contributed by atoms with E-state index in [1.54, 1.807) is 0 Å². The van der Waals surface area contributed by atoms with Gasteiger partial charge in [0.05, 0.1) is 39.5 Å². The maximum atomic E-state index is 7.60. The minimum Gasteiger partial charge on any atom is -0.454 e. The minimum absolute atomic E-state index is 0.465. The summed E-state index contributed by atoms with van der Waals surface area (Å²) in [5, 5.41) is 8.60. The summed E-state index contributed by atoms with van der Waals surface area (Å²) in [6.07, 6.45) is 12.3. The Hall–Kier alpha value is -9.32. The zero-order chi connectivity index (χ0) is 53.4. The Morgan fingerprint density at radius 2 is 0.654 bits per heavy atom. The predicted octanol–water partition coefficient (Wildman–Crippen LogP) is 22.9. The smallest absolute Gasteiger partial charge is 0.162 e. The molecule has 81 heavy (non-hydrogen) atoms. The van der Waals surface area contributed by atoms with Crippen molar-refractivity contribution in [3.8, 4) is 22.3 Å². The van der Waals surface area contributed by atoms with E-state index in [9.17, 15) is 0 Å². The number of benzene rings is 11. The number of rotatable bonds is 10. The van der Waals surface area contributed by atoms with Gasteiger partial charge < -0.3 is 23.1 Å². The van der Waals surface area contributed by atoms with Crippen LogP contribution in [-0.4, -0.2) is 0 Å². The lowest BCUT2D eigenvalue weighted by Crippen LogP contribution is -2.15. The van der Waals surface area contributed by atoms with Gasteiger partial charge in [0, 0.05) is 48.8 Å². The van der Waals surface area contributed by atoms with Crippen LogP contribution in [-0.2, 0) is 0 Å². The van der Waals surface area contributed by atoms with Crippen LogP contribution in [0.2, 0.25) is 0 Å². The molecule has 0 saturated heterocycles. The maximum Gasteiger partial charge on any atom is 0.162 e. The molecule has 0 aliphatic heterocycles. The molecule has 0 bridgehead atoms. The molecule has 0 atom stereocenters. The molecule has 3 aromatic heterocycles. The molecule has 0 radical (unpaired) electrons. The van der Waals surface area contributed by atoms with Gasteiger partial charge >= 0.3 is 0 Å². The Kier molecular flexibility index (Phi) is 11.6. The van der Waals surface area contributed by atoms with Crippen LogP contribution in [0.15, 0.2) is 244 Å². The number of anilines is 6. The zero-order valence-electron chi connectivity index (χ0n) is 45.3. The topological polar surface area (TPSA) is 45.9 Å². The number of hydrogen-bond donors (Lipinski definition) is 0. The van der Waals surface area contributed by atoms with E-state index in [2.05, 4.69) is 240 Å². The van der Waals surface area contributed by atoms with Crippen molar-refractivity contribution in [2.45, 2.75) is 76.0 Å². The molecule has 3 heterocycles. The lowest BCUT2D eigenvalue weighted by Gasteiger charge is -2.33. The Balaban J connectivity index is 1.04. The summed E-state index contributed by atoms with van der Waals surface area (Å²) in [5.41, 5.74) is 18.2. The van der Waals surface area contributed by atoms with Gasteiger partial charge in [-0.15, -0.1) is 0 Å². The summed E-state index contributed by atoms with van der Waals surface area (Å²) in [6, 6.07) is 83.9. The van der Waals surface area contributed by atoms with E-state index >= 15 is 0 Å². The van der Waals surface area contributed by atoms with Crippen LogP contribution in [0, 0.1) is 0 Å². The molecule has 11 aromatic carbocycles. The lowest BCUT2D eigenvalue weighted by atomic mass is 9.83. The van der Waals surface area contributed by atoms with Crippen molar-refractivity contribution in [1.29, 1.82) is 0 Å². The summed E-state index contributed by atoms with van der Waals surface area (Å²) < 4.78 is 22.6. The van der Waals surface area contributed by atoms with Crippen molar-refractivity contribution >= 4 is 111 Å². The van der Waals surface area contributed by atoms with E-state index < -0.39 is 0 Å². The molecule has 0 N–H and O–H groups in total. The summed E-state index contributed by atoms with van der Waals surface area (Å²) in [6.45, 7) is 0. The Bertz CT molecular complexity index is 4690. The van der Waals surface area contributed by atoms with E-state index in [1.807, 2.05) is 0 Å². The van der Waals surface area contributed by atoms with Gasteiger partial charge in [0.1, 0.15) is 16.7 Å². The average molecular weight is 1050 g/mol. The molecule has 2 aliphatic rings. The van der Waals surface area contributed by atoms with Gasteiger partial charge in [0.25, 0.3) is 0 Å². The van der Waals surface area contributed by atoms with Gasteiger partial charge in [-0.3, -0.25) is 0 Å². The molecular formula is C76H60N2O3. The fourth-order valence-electron chi connectivity index (χ4n) is 14.3. The quantitative estimate of drug-likeness (QED) is 0.128. The van der Waals surface area contributed by atoms with Gasteiger partial charge in [-0.05, 0) is 90.1 Å². The van der Waals surface area contributed by atoms with E-state index in [-0.39, 0.29) is 0 Å². The highest BCUT2D eigenvalue weighted by atomic mass is 16.3. The molecule has 0 spiro atoms. The molecule has 16 rings (SSSR count). The summed E-state index contributed by atoms with van der Waals surface area (Å²) in [5.74, 6) is 0.932. The van der Waals surface area contributed by atoms with Gasteiger partial charge in [0.2, 0.25) is 0 Å². The fraction of sp³-hybridized carbons (Fsp3) is 0.158. The Labute approximate surface area is 471 Å². The standard InChI is InChI=1S/C76H60N2O3/c1-5-25-49(26-6-1)53-33-15-18-44-64(53)77(66-46-23-42-61-59-40-21-38-55(72(59)80-74(61)66)51-29-9-3-10-30-51)70-57-35-13-14-36-58(57)71(76-69(70)63-37-17-20-48-68(63)79-76)78(65-45-19-16-34-54(65)50-27-7-2-8-28-50)67-47-24-43-62-60-41-22-39-56(73(60)81-75(62)67)52-31-11-4-12-32-52/h1-2,5-8,13-28,33-48,51-52H,3-4,9-12,29-32H2. The highest BCUT2D eigenvalue weighted by molar-refractivity contribution is 6.30. The van der Waals surface area contributed by atoms with E-state index in [0.717, 1.165) is 133 Å². The first-order valence-corrected chi connectivity index (χ1v) is 29.4. The van der Waals surface area contributed by atoms with Crippen LogP contribution in [0.1, 0.15) is 87.2 Å². The highest BCUT2D eigenvalue weighted by Crippen LogP contribution is 2.58. The number of fused-ring (bicyclic) bond motifs is 10. The van der Waals surface area contributed by atoms with Crippen LogP contribution >= 0.6 is 0 Å². The summed E-state index contributed by atoms with van der Waals surface area (Å²) >= 11 is 0. The zero-order valence-corrected chi connectivity index (χ0v) is 45.3. The van der Waals surface area contributed by atoms with Gasteiger partial charge in [-0.2, -0.15) is 0 Å². The third-order valence-corrected chi connectivity index (χ3v) is 18.0. The molecule has 392 valence electrons. The van der Waals surface area contributed by atoms with Crippen LogP contribution in [0.3, 0.4) is 0 Å². The summed E-state index contributed by atoms with van der Waals surface area (Å²) in [7, 11) is 0. The number of furan rings is 3. The molecule has 0 unspecified atom stereocenters. The van der Waals surface area contributed by atoms with Crippen molar-refractivity contribution in [3.05, 3.63) is 242 Å². The maximum absolute atomic E-state index is 7.60. The largest absolute Gasteiger partial charge is 0.454 e. The van der Waals surface area contributed by atoms with Crippen LogP contribution in [0.4, 0.5) is 34.1 Å². The average Bonchev–Trinajstić information content (AvgIpc) is 4.44. The van der Waals surface area contributed by atoms with Crippen molar-refractivity contribution < 1.29 is 13.3 Å². The van der Waals surface area contributed by atoms with Gasteiger partial charge in [0.15, 0.2) is 16.7 Å². The van der Waals surface area contributed by atoms with Crippen LogP contribution in [0.5, 0.6) is 0 Å². The second-order valence-corrected chi connectivity index (χ2v) is 22.6. The van der Waals surface area contributed by atoms with Gasteiger partial charge in [-0.25, -0.2) is 0 Å². The Morgan fingerprint density at radius 3 is 1.17 bits per heavy atom. The molecule has 0 amide bonds. The minimum atomic E-state index is 0.465. The first kappa shape index (κ1) is 47.7. The van der Waals surface area contributed by atoms with Crippen molar-refractivity contribution in [2.75, 3.05) is 9.80 Å². The van der Waals surface area contributed by atoms with Crippen molar-refractivity contribution in [1.82, 2.24) is 0 Å². The van der Waals surface area contributed by atoms with E-state index in [1.165, 1.54) is 75.3 Å². The number of hydrogen-bond acceptors (Lipinski definition) is 5. The monoisotopic (exact) mass is 1050 g/mol. The first-order chi connectivity index (χ1) is 40.2. The normalized spacial score (nSPS) is 14.6. The highest BCUT2D eigenvalue weighted by Gasteiger charge is 2.34. The molecule has 14 aromatic rings. The SMILES string of the molecule is c1ccc(-c2ccccc2N(c2cccc3c2oc2c(C4CCCCC4)cccc23)c2c3ccccc3c(N(c3ccccc3-c3ccccc3)c3cccc4c3oc3c(C5CCCCC5)cccc34)c3c2oc2ccccc23)cc1. The molecule has 2 saturated carbocycles. The van der Waals surface area contributed by atoms with E-state index in [4.69, 9.17) is 13.3 Å². The molecule has 2 aliphatic carbocycles. The predicted molar refractivity (Wildman–Crippen MR) is 338 cm³/mol. The first-order valence-electron chi connectivity index (χ1n) is 29.4. The second-order valence-electron chi connectivity index (χ2n) is 22.6. The van der Waals surface area contributed by atoms with Gasteiger partial charge in [-0.1, -0.05) is 239 Å². The Morgan fingerprint density at radius 1 is 0.272 bits per heavy atom. The molecule has 5 nitrogen and oxygen atoms in total. The second kappa shape index (κ2) is 19.8. The van der Waals surface area contributed by atoms with Crippen LogP contribution in [0.25, 0.3) is 98.8 Å². The van der Waals surface area contributed by atoms with Crippen LogP contribution < -0.4 is 9.80 Å². The number of para-hydroxylation sites is 7. The van der Waals surface area contributed by atoms with E-state index in [0.29, 0.717) is 11.8 Å². The number of nitrogens with zero attached hydrogens (tertiary/aromatic N) is 2. The molecule has 2 fully saturated rings. The third kappa shape index (κ3) is 7.80. The molecular weight excluding hydrogens is 989 g/mol. The molecule has 5 heteroatoms. The van der Waals surface area contributed by atoms with Crippen molar-refractivity contribution in [3.63, 3.8) is 0 Å². The fourth-order valence-corrected chi connectivity index (χ4v) is 14.3. The third-order valence-electron chi connectivity index (χ3n) is 18.0.